The molecule has 5 rings (SSSR count). The van der Waals surface area contributed by atoms with E-state index < -0.39 is 11.7 Å². The summed E-state index contributed by atoms with van der Waals surface area (Å²) in [6, 6.07) is 9.58. The highest BCUT2D eigenvalue weighted by atomic mass is 16.6. The average molecular weight is 314 g/mol. The number of carbonyl (C=O) groups excluding carboxylic acids is 1. The van der Waals surface area contributed by atoms with Crippen LogP contribution in [0, 0.1) is 17.8 Å². The minimum atomic E-state index is -0.520. The van der Waals surface area contributed by atoms with E-state index in [1.165, 1.54) is 0 Å². The zero-order chi connectivity index (χ0) is 15.9. The lowest BCUT2D eigenvalue weighted by Crippen LogP contribution is -2.55. The number of rotatable bonds is 3. The Morgan fingerprint density at radius 3 is 2.57 bits per heavy atom. The van der Waals surface area contributed by atoms with E-state index in [4.69, 9.17) is 4.74 Å². The van der Waals surface area contributed by atoms with Crippen LogP contribution in [0.25, 0.3) is 0 Å². The maximum Gasteiger partial charge on any atom is 0.428 e. The van der Waals surface area contributed by atoms with Crippen LogP contribution < -0.4 is 5.43 Å². The maximum atomic E-state index is 11.8. The monoisotopic (exact) mass is 314 g/mol. The van der Waals surface area contributed by atoms with Gasteiger partial charge in [-0.15, -0.1) is 0 Å². The Balaban J connectivity index is 1.35. The number of nitrogens with zero attached hydrogens (tertiary/aromatic N) is 1. The first kappa shape index (κ1) is 14.7. The molecule has 1 aromatic rings. The molecule has 0 spiro atoms. The van der Waals surface area contributed by atoms with E-state index >= 15 is 0 Å². The van der Waals surface area contributed by atoms with E-state index in [1.807, 2.05) is 30.3 Å². The van der Waals surface area contributed by atoms with E-state index in [2.05, 4.69) is 10.5 Å². The van der Waals surface area contributed by atoms with Gasteiger partial charge in [0.2, 0.25) is 0 Å². The Labute approximate surface area is 135 Å². The molecule has 2 atom stereocenters. The highest BCUT2D eigenvalue weighted by molar-refractivity contribution is 5.91. The van der Waals surface area contributed by atoms with Gasteiger partial charge in [-0.2, -0.15) is 5.10 Å². The summed E-state index contributed by atoms with van der Waals surface area (Å²) in [5, 5.41) is 14.9. The van der Waals surface area contributed by atoms with Gasteiger partial charge < -0.3 is 9.84 Å². The second-order valence-corrected chi connectivity index (χ2v) is 7.28. The third kappa shape index (κ3) is 2.98. The van der Waals surface area contributed by atoms with Gasteiger partial charge in [0, 0.05) is 17.5 Å². The van der Waals surface area contributed by atoms with E-state index in [1.54, 1.807) is 0 Å². The lowest BCUT2D eigenvalue weighted by molar-refractivity contribution is -0.0826. The molecule has 5 heteroatoms. The molecule has 0 heterocycles. The Hall–Kier alpha value is -1.88. The summed E-state index contributed by atoms with van der Waals surface area (Å²) in [5.74, 6) is 1.27. The van der Waals surface area contributed by atoms with Crippen molar-refractivity contribution in [3.63, 3.8) is 0 Å². The molecule has 4 aliphatic rings. The van der Waals surface area contributed by atoms with Crippen LogP contribution >= 0.6 is 0 Å². The lowest BCUT2D eigenvalue weighted by Gasteiger charge is -2.54. The van der Waals surface area contributed by atoms with Crippen LogP contribution in [0.2, 0.25) is 0 Å². The first-order valence-electron chi connectivity index (χ1n) is 8.38. The molecule has 2 N–H and O–H groups in total. The topological polar surface area (TPSA) is 70.9 Å². The molecule has 4 bridgehead atoms. The molecule has 5 nitrogen and oxygen atoms in total. The number of nitrogens with one attached hydrogen (secondary N) is 1. The molecule has 4 fully saturated rings. The zero-order valence-electron chi connectivity index (χ0n) is 13.1. The van der Waals surface area contributed by atoms with Crippen LogP contribution in [0.3, 0.4) is 0 Å². The van der Waals surface area contributed by atoms with Crippen LogP contribution in [-0.4, -0.2) is 22.5 Å². The molecule has 0 aromatic heterocycles. The standard InChI is InChI=1S/C18H22N2O3/c21-17(23-11-12-4-2-1-3-5-12)20-19-16-14-6-13-7-15(16)10-18(22,8-13)9-14/h1-5,13-15,22H,6-11H2,(H,20,21). The molecule has 122 valence electrons. The quantitative estimate of drug-likeness (QED) is 0.843. The van der Waals surface area contributed by atoms with Crippen LogP contribution in [0.15, 0.2) is 35.4 Å². The van der Waals surface area contributed by atoms with Gasteiger partial charge in [0.05, 0.1) is 5.60 Å². The second kappa shape index (κ2) is 5.64. The number of hydrazone groups is 1. The van der Waals surface area contributed by atoms with E-state index in [0.29, 0.717) is 17.8 Å². The normalized spacial score (nSPS) is 34.3. The minimum absolute atomic E-state index is 0.242. The van der Waals surface area contributed by atoms with Crippen molar-refractivity contribution in [2.24, 2.45) is 22.9 Å². The van der Waals surface area contributed by atoms with E-state index in [-0.39, 0.29) is 6.61 Å². The molecule has 0 radical (unpaired) electrons. The number of amides is 1. The van der Waals surface area contributed by atoms with Crippen molar-refractivity contribution in [2.45, 2.75) is 44.3 Å². The predicted octanol–water partition coefficient (Wildman–Crippen LogP) is 2.84. The Bertz CT molecular complexity index is 610. The van der Waals surface area contributed by atoms with Crippen molar-refractivity contribution >= 4 is 11.8 Å². The lowest BCUT2D eigenvalue weighted by atomic mass is 9.53. The van der Waals surface area contributed by atoms with Gasteiger partial charge in [-0.05, 0) is 43.6 Å². The maximum absolute atomic E-state index is 11.8. The predicted molar refractivity (Wildman–Crippen MR) is 85.7 cm³/mol. The molecule has 0 aliphatic heterocycles. The van der Waals surface area contributed by atoms with Gasteiger partial charge in [0.25, 0.3) is 0 Å². The number of aliphatic hydroxyl groups is 1. The summed E-state index contributed by atoms with van der Waals surface area (Å²) in [6.07, 6.45) is 4.20. The summed E-state index contributed by atoms with van der Waals surface area (Å²) in [4.78, 5) is 11.8. The van der Waals surface area contributed by atoms with Crippen LogP contribution in [-0.2, 0) is 11.3 Å². The fourth-order valence-corrected chi connectivity index (χ4v) is 4.77. The number of benzene rings is 1. The smallest absolute Gasteiger partial charge is 0.428 e. The molecule has 0 saturated heterocycles. The van der Waals surface area contributed by atoms with Gasteiger partial charge in [-0.25, -0.2) is 10.2 Å². The summed E-state index contributed by atoms with van der Waals surface area (Å²) in [6.45, 7) is 0.242. The molecule has 1 aromatic carbocycles. The summed E-state index contributed by atoms with van der Waals surface area (Å²) < 4.78 is 5.18. The van der Waals surface area contributed by atoms with Crippen LogP contribution in [0.5, 0.6) is 0 Å². The molecular formula is C18H22N2O3. The molecule has 4 saturated carbocycles. The summed E-state index contributed by atoms with van der Waals surface area (Å²) in [5.41, 5.74) is 4.06. The van der Waals surface area contributed by atoms with E-state index in [0.717, 1.165) is 43.4 Å². The molecular weight excluding hydrogens is 292 g/mol. The first-order valence-corrected chi connectivity index (χ1v) is 8.38. The zero-order valence-corrected chi connectivity index (χ0v) is 13.1. The van der Waals surface area contributed by atoms with Crippen molar-refractivity contribution in [2.75, 3.05) is 0 Å². The third-order valence-corrected chi connectivity index (χ3v) is 5.48. The van der Waals surface area contributed by atoms with Crippen molar-refractivity contribution in [3.8, 4) is 0 Å². The SMILES string of the molecule is O=C(NN=C1C2CC3CC1CC(O)(C3)C2)OCc1ccccc1. The van der Waals surface area contributed by atoms with Crippen molar-refractivity contribution in [1.29, 1.82) is 0 Å². The molecule has 1 amide bonds. The van der Waals surface area contributed by atoms with Crippen LogP contribution in [0.1, 0.15) is 37.7 Å². The van der Waals surface area contributed by atoms with Crippen molar-refractivity contribution < 1.29 is 14.6 Å². The molecule has 4 aliphatic carbocycles. The van der Waals surface area contributed by atoms with Crippen molar-refractivity contribution in [3.05, 3.63) is 35.9 Å². The average Bonchev–Trinajstić information content (AvgIpc) is 2.51. The van der Waals surface area contributed by atoms with Gasteiger partial charge in [-0.1, -0.05) is 30.3 Å². The molecule has 23 heavy (non-hydrogen) atoms. The Kier molecular flexibility index (Phi) is 3.60. The van der Waals surface area contributed by atoms with Gasteiger partial charge in [0.1, 0.15) is 6.61 Å². The van der Waals surface area contributed by atoms with E-state index in [9.17, 15) is 9.90 Å². The number of carbonyl (C=O) groups is 1. The van der Waals surface area contributed by atoms with Gasteiger partial charge in [-0.3, -0.25) is 0 Å². The number of ether oxygens (including phenoxy) is 1. The number of hydrogen-bond acceptors (Lipinski definition) is 4. The largest absolute Gasteiger partial charge is 0.443 e. The second-order valence-electron chi connectivity index (χ2n) is 7.28. The Morgan fingerprint density at radius 1 is 1.22 bits per heavy atom. The molecule has 2 unspecified atom stereocenters. The fourth-order valence-electron chi connectivity index (χ4n) is 4.77. The highest BCUT2D eigenvalue weighted by Gasteiger charge is 2.53. The number of hydrogen-bond donors (Lipinski definition) is 2. The highest BCUT2D eigenvalue weighted by Crippen LogP contribution is 2.54. The summed E-state index contributed by atoms with van der Waals surface area (Å²) >= 11 is 0. The van der Waals surface area contributed by atoms with Crippen molar-refractivity contribution in [1.82, 2.24) is 5.43 Å². The van der Waals surface area contributed by atoms with Gasteiger partial charge in [0.15, 0.2) is 0 Å². The minimum Gasteiger partial charge on any atom is -0.443 e. The third-order valence-electron chi connectivity index (χ3n) is 5.48. The van der Waals surface area contributed by atoms with Gasteiger partial charge >= 0.3 is 6.09 Å². The van der Waals surface area contributed by atoms with Crippen LogP contribution in [0.4, 0.5) is 4.79 Å². The summed E-state index contributed by atoms with van der Waals surface area (Å²) in [7, 11) is 0. The Morgan fingerprint density at radius 2 is 1.91 bits per heavy atom. The fraction of sp³-hybridized carbons (Fsp3) is 0.556. The first-order chi connectivity index (χ1) is 11.1.